The van der Waals surface area contributed by atoms with Gasteiger partial charge >= 0.3 is 5.97 Å². The van der Waals surface area contributed by atoms with E-state index in [0.29, 0.717) is 5.56 Å². The molecule has 0 fully saturated rings. The molecule has 0 heterocycles. The summed E-state index contributed by atoms with van der Waals surface area (Å²) in [5.74, 6) is -0.791. The fourth-order valence-corrected chi connectivity index (χ4v) is 1.73. The number of rotatable bonds is 4. The van der Waals surface area contributed by atoms with Gasteiger partial charge in [-0.3, -0.25) is 9.59 Å². The van der Waals surface area contributed by atoms with Gasteiger partial charge in [-0.05, 0) is 67.6 Å². The van der Waals surface area contributed by atoms with Gasteiger partial charge in [-0.15, -0.1) is 0 Å². The molecule has 1 unspecified atom stereocenters. The lowest BCUT2D eigenvalue weighted by molar-refractivity contribution is -0.156. The molecule has 0 aromatic heterocycles. The van der Waals surface area contributed by atoms with Crippen molar-refractivity contribution in [2.24, 2.45) is 5.73 Å². The molecule has 1 amide bonds. The molecule has 0 aliphatic carbocycles. The minimum atomic E-state index is -0.873. The summed E-state index contributed by atoms with van der Waals surface area (Å²) in [6, 6.07) is 6.24. The van der Waals surface area contributed by atoms with E-state index in [1.54, 1.807) is 32.9 Å². The summed E-state index contributed by atoms with van der Waals surface area (Å²) in [4.78, 5) is 23.5. The van der Waals surface area contributed by atoms with Gasteiger partial charge < -0.3 is 15.8 Å². The number of amides is 1. The van der Waals surface area contributed by atoms with Gasteiger partial charge in [-0.1, -0.05) is 0 Å². The van der Waals surface area contributed by atoms with Crippen LogP contribution in [0.15, 0.2) is 24.3 Å². The Morgan fingerprint density at radius 2 is 1.85 bits per heavy atom. The molecular weight excluding hydrogens is 371 g/mol. The molecule has 0 aliphatic rings. The van der Waals surface area contributed by atoms with E-state index in [1.807, 2.05) is 12.1 Å². The van der Waals surface area contributed by atoms with Crippen LogP contribution in [0.4, 0.5) is 0 Å². The Morgan fingerprint density at radius 3 is 2.35 bits per heavy atom. The quantitative estimate of drug-likeness (QED) is 0.606. The summed E-state index contributed by atoms with van der Waals surface area (Å²) in [6.07, 6.45) is 0. The van der Waals surface area contributed by atoms with Gasteiger partial charge in [0, 0.05) is 15.7 Å². The summed E-state index contributed by atoms with van der Waals surface area (Å²) < 4.78 is 6.18. The number of nitrogens with two attached hydrogens (primary N) is 1. The molecule has 6 heteroatoms. The van der Waals surface area contributed by atoms with Crippen molar-refractivity contribution < 1.29 is 14.3 Å². The summed E-state index contributed by atoms with van der Waals surface area (Å²) in [5, 5.41) is 2.62. The molecule has 0 saturated carbocycles. The number of ether oxygens (including phenoxy) is 1. The second-order valence-electron chi connectivity index (χ2n) is 5.36. The number of hydrogen-bond donors (Lipinski definition) is 2. The van der Waals surface area contributed by atoms with Crippen LogP contribution in [0.25, 0.3) is 0 Å². The Labute approximate surface area is 132 Å². The predicted molar refractivity (Wildman–Crippen MR) is 85.3 cm³/mol. The highest BCUT2D eigenvalue weighted by Crippen LogP contribution is 2.08. The van der Waals surface area contributed by atoms with Gasteiger partial charge in [0.15, 0.2) is 0 Å². The maximum Gasteiger partial charge on any atom is 0.325 e. The number of nitrogens with one attached hydrogen (secondary N) is 1. The fourth-order valence-electron chi connectivity index (χ4n) is 1.37. The number of hydrogen-bond acceptors (Lipinski definition) is 4. The van der Waals surface area contributed by atoms with Crippen LogP contribution in [-0.2, 0) is 9.53 Å². The van der Waals surface area contributed by atoms with E-state index in [4.69, 9.17) is 10.5 Å². The molecule has 5 nitrogen and oxygen atoms in total. The summed E-state index contributed by atoms with van der Waals surface area (Å²) in [7, 11) is 0. The lowest BCUT2D eigenvalue weighted by Gasteiger charge is -2.22. The van der Waals surface area contributed by atoms with E-state index in [9.17, 15) is 9.59 Å². The van der Waals surface area contributed by atoms with Crippen LogP contribution in [0.2, 0.25) is 0 Å². The fraction of sp³-hybridized carbons (Fsp3) is 0.429. The maximum absolute atomic E-state index is 11.8. The molecule has 0 saturated heterocycles. The summed E-state index contributed by atoms with van der Waals surface area (Å²) in [6.45, 7) is 5.34. The normalized spacial score (nSPS) is 12.7. The van der Waals surface area contributed by atoms with Crippen molar-refractivity contribution in [2.45, 2.75) is 32.4 Å². The maximum atomic E-state index is 11.8. The molecule has 1 aromatic rings. The van der Waals surface area contributed by atoms with Gasteiger partial charge in [0.25, 0.3) is 5.91 Å². The zero-order chi connectivity index (χ0) is 15.3. The lowest BCUT2D eigenvalue weighted by atomic mass is 10.2. The third-order valence-electron chi connectivity index (χ3n) is 2.30. The van der Waals surface area contributed by atoms with Crippen LogP contribution in [0.1, 0.15) is 31.1 Å². The van der Waals surface area contributed by atoms with Crippen molar-refractivity contribution in [2.75, 3.05) is 6.54 Å². The van der Waals surface area contributed by atoms with Crippen molar-refractivity contribution >= 4 is 34.5 Å². The largest absolute Gasteiger partial charge is 0.459 e. The second kappa shape index (κ2) is 7.03. The minimum absolute atomic E-state index is 0.0414. The molecule has 1 rings (SSSR count). The molecule has 1 atom stereocenters. The first-order valence-electron chi connectivity index (χ1n) is 6.21. The van der Waals surface area contributed by atoms with Gasteiger partial charge in [-0.25, -0.2) is 0 Å². The average molecular weight is 390 g/mol. The molecule has 20 heavy (non-hydrogen) atoms. The Morgan fingerprint density at radius 1 is 1.30 bits per heavy atom. The van der Waals surface area contributed by atoms with E-state index in [1.165, 1.54) is 0 Å². The predicted octanol–water partition coefficient (Wildman–Crippen LogP) is 1.69. The van der Waals surface area contributed by atoms with Crippen LogP contribution < -0.4 is 11.1 Å². The highest BCUT2D eigenvalue weighted by atomic mass is 127. The molecule has 1 aromatic carbocycles. The van der Waals surface area contributed by atoms with Crippen molar-refractivity contribution in [3.05, 3.63) is 33.4 Å². The van der Waals surface area contributed by atoms with E-state index >= 15 is 0 Å². The third-order valence-corrected chi connectivity index (χ3v) is 3.02. The standard InChI is InChI=1S/C14H19IN2O3/c1-14(2,3)20-13(19)11(16)8-17-12(18)9-4-6-10(15)7-5-9/h4-7,11H,8,16H2,1-3H3,(H,17,18). The number of carbonyl (C=O) groups excluding carboxylic acids is 2. The van der Waals surface area contributed by atoms with Crippen LogP contribution >= 0.6 is 22.6 Å². The van der Waals surface area contributed by atoms with Crippen LogP contribution in [-0.4, -0.2) is 30.1 Å². The third kappa shape index (κ3) is 5.87. The lowest BCUT2D eigenvalue weighted by Crippen LogP contribution is -2.45. The summed E-state index contributed by atoms with van der Waals surface area (Å²) in [5.41, 5.74) is 5.63. The molecule has 0 bridgehead atoms. The van der Waals surface area contributed by atoms with E-state index in [-0.39, 0.29) is 12.5 Å². The highest BCUT2D eigenvalue weighted by molar-refractivity contribution is 14.1. The molecule has 0 spiro atoms. The SMILES string of the molecule is CC(C)(C)OC(=O)C(N)CNC(=O)c1ccc(I)cc1. The molecular formula is C14H19IN2O3. The number of halogens is 1. The molecule has 0 aliphatic heterocycles. The summed E-state index contributed by atoms with van der Waals surface area (Å²) >= 11 is 2.16. The zero-order valence-corrected chi connectivity index (χ0v) is 13.9. The van der Waals surface area contributed by atoms with Crippen molar-refractivity contribution in [1.82, 2.24) is 5.32 Å². The van der Waals surface area contributed by atoms with Crippen molar-refractivity contribution in [3.63, 3.8) is 0 Å². The Balaban J connectivity index is 2.48. The first-order valence-corrected chi connectivity index (χ1v) is 7.29. The van der Waals surface area contributed by atoms with E-state index in [2.05, 4.69) is 27.9 Å². The monoisotopic (exact) mass is 390 g/mol. The van der Waals surface area contributed by atoms with Crippen molar-refractivity contribution in [3.8, 4) is 0 Å². The minimum Gasteiger partial charge on any atom is -0.459 e. The van der Waals surface area contributed by atoms with Gasteiger partial charge in [0.05, 0.1) is 0 Å². The Bertz CT molecular complexity index is 480. The van der Waals surface area contributed by atoms with Gasteiger partial charge in [0.1, 0.15) is 11.6 Å². The highest BCUT2D eigenvalue weighted by Gasteiger charge is 2.22. The second-order valence-corrected chi connectivity index (χ2v) is 6.60. The van der Waals surface area contributed by atoms with Crippen LogP contribution in [0, 0.1) is 3.57 Å². The van der Waals surface area contributed by atoms with Gasteiger partial charge in [0.2, 0.25) is 0 Å². The van der Waals surface area contributed by atoms with Crippen molar-refractivity contribution in [1.29, 1.82) is 0 Å². The number of carbonyl (C=O) groups is 2. The van der Waals surface area contributed by atoms with Gasteiger partial charge in [-0.2, -0.15) is 0 Å². The van der Waals surface area contributed by atoms with Crippen LogP contribution in [0.5, 0.6) is 0 Å². The molecule has 0 radical (unpaired) electrons. The Hall–Kier alpha value is -1.15. The van der Waals surface area contributed by atoms with Crippen LogP contribution in [0.3, 0.4) is 0 Å². The van der Waals surface area contributed by atoms with E-state index in [0.717, 1.165) is 3.57 Å². The first kappa shape index (κ1) is 16.9. The number of esters is 1. The first-order chi connectivity index (χ1) is 9.19. The zero-order valence-electron chi connectivity index (χ0n) is 11.8. The molecule has 110 valence electrons. The topological polar surface area (TPSA) is 81.4 Å². The smallest absolute Gasteiger partial charge is 0.325 e. The average Bonchev–Trinajstić information content (AvgIpc) is 2.34. The van der Waals surface area contributed by atoms with E-state index < -0.39 is 17.6 Å². The number of benzene rings is 1. The molecule has 3 N–H and O–H groups in total. The Kier molecular flexibility index (Phi) is 5.94.